The lowest BCUT2D eigenvalue weighted by Gasteiger charge is -2.06. The van der Waals surface area contributed by atoms with Crippen molar-refractivity contribution in [2.75, 3.05) is 6.54 Å². The molecule has 1 aromatic heterocycles. The lowest BCUT2D eigenvalue weighted by Crippen LogP contribution is -2.00. The van der Waals surface area contributed by atoms with E-state index in [0.717, 1.165) is 15.8 Å². The molecular formula is C14H11FN2O3S. The molecule has 0 aliphatic heterocycles. The molecule has 0 atom stereocenters. The van der Waals surface area contributed by atoms with E-state index in [1.165, 1.54) is 23.5 Å². The Morgan fingerprint density at radius 2 is 2.19 bits per heavy atom. The van der Waals surface area contributed by atoms with Crippen LogP contribution in [0, 0.1) is 27.8 Å². The van der Waals surface area contributed by atoms with Gasteiger partial charge in [-0.25, -0.2) is 4.39 Å². The number of ether oxygens (including phenoxy) is 1. The van der Waals surface area contributed by atoms with Crippen molar-refractivity contribution in [3.63, 3.8) is 0 Å². The summed E-state index contributed by atoms with van der Waals surface area (Å²) < 4.78 is 18.9. The molecule has 0 fully saturated rings. The fourth-order valence-electron chi connectivity index (χ4n) is 1.59. The average Bonchev–Trinajstić information content (AvgIpc) is 2.91. The molecule has 5 nitrogen and oxygen atoms in total. The Bertz CT molecular complexity index is 718. The normalized spacial score (nSPS) is 9.81. The fourth-order valence-corrected chi connectivity index (χ4v) is 2.38. The average molecular weight is 306 g/mol. The Labute approximate surface area is 124 Å². The van der Waals surface area contributed by atoms with Gasteiger partial charge >= 0.3 is 5.69 Å². The van der Waals surface area contributed by atoms with Gasteiger partial charge in [-0.3, -0.25) is 10.1 Å². The van der Waals surface area contributed by atoms with Crippen molar-refractivity contribution in [3.05, 3.63) is 56.0 Å². The van der Waals surface area contributed by atoms with Gasteiger partial charge in [-0.1, -0.05) is 17.9 Å². The summed E-state index contributed by atoms with van der Waals surface area (Å²) in [5, 5.41) is 10.8. The van der Waals surface area contributed by atoms with Gasteiger partial charge in [-0.15, -0.1) is 11.3 Å². The van der Waals surface area contributed by atoms with Crippen LogP contribution in [0.15, 0.2) is 30.3 Å². The van der Waals surface area contributed by atoms with Crippen LogP contribution in [0.4, 0.5) is 10.1 Å². The van der Waals surface area contributed by atoms with Crippen molar-refractivity contribution < 1.29 is 14.1 Å². The molecule has 7 heteroatoms. The van der Waals surface area contributed by atoms with Gasteiger partial charge in [-0.05, 0) is 18.2 Å². The van der Waals surface area contributed by atoms with Crippen molar-refractivity contribution in [1.82, 2.24) is 0 Å². The summed E-state index contributed by atoms with van der Waals surface area (Å²) in [6.45, 7) is 0.307. The highest BCUT2D eigenvalue weighted by Gasteiger charge is 2.19. The highest BCUT2D eigenvalue weighted by Crippen LogP contribution is 2.30. The maximum atomic E-state index is 13.6. The van der Waals surface area contributed by atoms with Gasteiger partial charge in [0.2, 0.25) is 5.75 Å². The maximum absolute atomic E-state index is 13.6. The van der Waals surface area contributed by atoms with E-state index in [9.17, 15) is 14.5 Å². The third kappa shape index (κ3) is 3.78. The molecule has 0 aliphatic carbocycles. The third-order valence-corrected chi connectivity index (χ3v) is 3.45. The first-order valence-corrected chi connectivity index (χ1v) is 6.77. The number of hydrogen-bond donors (Lipinski definition) is 1. The molecule has 0 bridgehead atoms. The Balaban J connectivity index is 2.13. The SMILES string of the molecule is NCC#Cc1ccc(COc2c(F)cccc2[N+](=O)[O-])s1. The molecule has 0 amide bonds. The van der Waals surface area contributed by atoms with Crippen LogP contribution >= 0.6 is 11.3 Å². The highest BCUT2D eigenvalue weighted by molar-refractivity contribution is 7.12. The molecule has 0 radical (unpaired) electrons. The van der Waals surface area contributed by atoms with Crippen LogP contribution in [-0.2, 0) is 6.61 Å². The predicted molar refractivity (Wildman–Crippen MR) is 77.6 cm³/mol. The van der Waals surface area contributed by atoms with E-state index in [0.29, 0.717) is 0 Å². The fraction of sp³-hybridized carbons (Fsp3) is 0.143. The van der Waals surface area contributed by atoms with Crippen LogP contribution in [0.25, 0.3) is 0 Å². The molecule has 1 heterocycles. The minimum atomic E-state index is -0.760. The number of hydrogen-bond acceptors (Lipinski definition) is 5. The number of nitrogens with two attached hydrogens (primary N) is 1. The van der Waals surface area contributed by atoms with Gasteiger partial charge in [0, 0.05) is 10.9 Å². The maximum Gasteiger partial charge on any atom is 0.314 e. The van der Waals surface area contributed by atoms with Gasteiger partial charge in [0.25, 0.3) is 0 Å². The van der Waals surface area contributed by atoms with Crippen LogP contribution < -0.4 is 10.5 Å². The Hall–Kier alpha value is -2.43. The number of nitrogens with zero attached hydrogens (tertiary/aromatic N) is 1. The molecule has 0 saturated heterocycles. The summed E-state index contributed by atoms with van der Waals surface area (Å²) in [6.07, 6.45) is 0. The number of rotatable bonds is 4. The molecule has 1 aromatic carbocycles. The van der Waals surface area contributed by atoms with Crippen molar-refractivity contribution >= 4 is 17.0 Å². The summed E-state index contributed by atoms with van der Waals surface area (Å²) in [4.78, 5) is 11.8. The zero-order valence-corrected chi connectivity index (χ0v) is 11.7. The first-order chi connectivity index (χ1) is 10.1. The van der Waals surface area contributed by atoms with Crippen LogP contribution in [-0.4, -0.2) is 11.5 Å². The van der Waals surface area contributed by atoms with E-state index in [4.69, 9.17) is 10.5 Å². The summed E-state index contributed by atoms with van der Waals surface area (Å²) in [5.74, 6) is 4.48. The standard InChI is InChI=1S/C14H11FN2O3S/c15-12-4-1-5-13(17(18)19)14(12)20-9-11-7-6-10(21-11)3-2-8-16/h1,4-7H,8-9,16H2. The predicted octanol–water partition coefficient (Wildman–Crippen LogP) is 2.68. The third-order valence-electron chi connectivity index (χ3n) is 2.48. The number of halogens is 1. The van der Waals surface area contributed by atoms with Crippen LogP contribution in [0.2, 0.25) is 0 Å². The highest BCUT2D eigenvalue weighted by atomic mass is 32.1. The van der Waals surface area contributed by atoms with E-state index in [1.807, 2.05) is 0 Å². The van der Waals surface area contributed by atoms with Crippen molar-refractivity contribution in [2.24, 2.45) is 5.73 Å². The Kier molecular flexibility index (Phi) is 4.87. The molecule has 0 aliphatic rings. The zero-order chi connectivity index (χ0) is 15.2. The van der Waals surface area contributed by atoms with E-state index in [-0.39, 0.29) is 18.9 Å². The quantitative estimate of drug-likeness (QED) is 0.535. The van der Waals surface area contributed by atoms with Crippen molar-refractivity contribution in [3.8, 4) is 17.6 Å². The van der Waals surface area contributed by atoms with Gasteiger partial charge in [0.1, 0.15) is 6.61 Å². The largest absolute Gasteiger partial charge is 0.479 e. The summed E-state index contributed by atoms with van der Waals surface area (Å²) in [7, 11) is 0. The molecule has 21 heavy (non-hydrogen) atoms. The Morgan fingerprint density at radius 3 is 2.90 bits per heavy atom. The topological polar surface area (TPSA) is 78.4 Å². The van der Waals surface area contributed by atoms with E-state index in [1.54, 1.807) is 12.1 Å². The molecule has 2 rings (SSSR count). The van der Waals surface area contributed by atoms with Gasteiger partial charge in [-0.2, -0.15) is 0 Å². The molecule has 108 valence electrons. The first-order valence-electron chi connectivity index (χ1n) is 5.95. The van der Waals surface area contributed by atoms with Crippen LogP contribution in [0.3, 0.4) is 0 Å². The number of nitro benzene ring substituents is 1. The number of para-hydroxylation sites is 1. The minimum Gasteiger partial charge on any atom is -0.479 e. The summed E-state index contributed by atoms with van der Waals surface area (Å²) >= 11 is 1.37. The minimum absolute atomic E-state index is 0.0384. The molecule has 0 spiro atoms. The zero-order valence-electron chi connectivity index (χ0n) is 10.8. The lowest BCUT2D eigenvalue weighted by molar-refractivity contribution is -0.386. The van der Waals surface area contributed by atoms with Gasteiger partial charge in [0.15, 0.2) is 5.82 Å². The van der Waals surface area contributed by atoms with Crippen molar-refractivity contribution in [1.29, 1.82) is 0 Å². The molecule has 2 N–H and O–H groups in total. The van der Waals surface area contributed by atoms with Crippen molar-refractivity contribution in [2.45, 2.75) is 6.61 Å². The number of nitro groups is 1. The number of benzene rings is 1. The molecule has 0 unspecified atom stereocenters. The second kappa shape index (κ2) is 6.83. The molecule has 0 saturated carbocycles. The van der Waals surface area contributed by atoms with Gasteiger partial charge < -0.3 is 10.5 Å². The second-order valence-electron chi connectivity index (χ2n) is 3.91. The summed E-state index contributed by atoms with van der Waals surface area (Å²) in [6, 6.07) is 7.16. The van der Waals surface area contributed by atoms with Crippen LogP contribution in [0.1, 0.15) is 9.75 Å². The summed E-state index contributed by atoms with van der Waals surface area (Å²) in [5.41, 5.74) is 4.89. The Morgan fingerprint density at radius 1 is 1.38 bits per heavy atom. The number of thiophene rings is 1. The molecule has 2 aromatic rings. The smallest absolute Gasteiger partial charge is 0.314 e. The second-order valence-corrected chi connectivity index (χ2v) is 5.07. The molecular weight excluding hydrogens is 295 g/mol. The van der Waals surface area contributed by atoms with Gasteiger partial charge in [0.05, 0.1) is 16.3 Å². The lowest BCUT2D eigenvalue weighted by atomic mass is 10.3. The van der Waals surface area contributed by atoms with E-state index >= 15 is 0 Å². The first kappa shape index (κ1) is 15.0. The van der Waals surface area contributed by atoms with E-state index < -0.39 is 16.4 Å². The van der Waals surface area contributed by atoms with Crippen LogP contribution in [0.5, 0.6) is 5.75 Å². The monoisotopic (exact) mass is 306 g/mol. The van der Waals surface area contributed by atoms with E-state index in [2.05, 4.69) is 11.8 Å².